The van der Waals surface area contributed by atoms with E-state index in [1.54, 1.807) is 6.07 Å². The molecule has 1 atom stereocenters. The summed E-state index contributed by atoms with van der Waals surface area (Å²) >= 11 is 3.13. The number of rotatable bonds is 2. The number of nitrogens with zero attached hydrogens (tertiary/aromatic N) is 2. The van der Waals surface area contributed by atoms with E-state index in [-0.39, 0.29) is 5.75 Å². The molecule has 0 spiro atoms. The Labute approximate surface area is 110 Å². The van der Waals surface area contributed by atoms with Crippen LogP contribution in [0.15, 0.2) is 27.2 Å². The summed E-state index contributed by atoms with van der Waals surface area (Å²) in [5.41, 5.74) is 0.296. The van der Waals surface area contributed by atoms with Gasteiger partial charge in [0.1, 0.15) is 0 Å². The van der Waals surface area contributed by atoms with Crippen molar-refractivity contribution in [2.45, 2.75) is 11.9 Å². The number of aromatic nitrogens is 1. The van der Waals surface area contributed by atoms with Gasteiger partial charge in [0.25, 0.3) is 0 Å². The van der Waals surface area contributed by atoms with Crippen LogP contribution in [0.5, 0.6) is 0 Å². The third-order valence-electron chi connectivity index (χ3n) is 1.72. The second-order valence-corrected chi connectivity index (χ2v) is 6.77. The van der Waals surface area contributed by atoms with Gasteiger partial charge < -0.3 is 0 Å². The maximum Gasteiger partial charge on any atom is 0.474 e. The van der Waals surface area contributed by atoms with E-state index >= 15 is 0 Å². The van der Waals surface area contributed by atoms with E-state index in [2.05, 4.69) is 25.3 Å². The van der Waals surface area contributed by atoms with Crippen LogP contribution in [0.1, 0.15) is 5.69 Å². The van der Waals surface area contributed by atoms with E-state index in [1.807, 2.05) is 0 Å². The summed E-state index contributed by atoms with van der Waals surface area (Å²) in [4.78, 5) is 14.5. The summed E-state index contributed by atoms with van der Waals surface area (Å²) in [6.45, 7) is 0. The van der Waals surface area contributed by atoms with Gasteiger partial charge >= 0.3 is 12.1 Å². The molecule has 4 nitrogen and oxygen atoms in total. The normalized spacial score (nSPS) is 14.9. The van der Waals surface area contributed by atoms with Crippen LogP contribution in [-0.4, -0.2) is 27.5 Å². The van der Waals surface area contributed by atoms with Crippen LogP contribution >= 0.6 is 15.9 Å². The average Bonchev–Trinajstić information content (AvgIpc) is 2.19. The number of carbonyl (C=O) groups is 1. The fourth-order valence-corrected chi connectivity index (χ4v) is 2.50. The van der Waals surface area contributed by atoms with Gasteiger partial charge in [0, 0.05) is 16.9 Å². The fourth-order valence-electron chi connectivity index (χ4n) is 1.03. The van der Waals surface area contributed by atoms with E-state index in [1.165, 1.54) is 12.3 Å². The first-order chi connectivity index (χ1) is 8.10. The first kappa shape index (κ1) is 15.1. The predicted octanol–water partition coefficient (Wildman–Crippen LogP) is 2.53. The Balaban J connectivity index is 2.95. The molecule has 9 heteroatoms. The maximum absolute atomic E-state index is 12.0. The van der Waals surface area contributed by atoms with E-state index in [4.69, 9.17) is 0 Å². The lowest BCUT2D eigenvalue weighted by Gasteiger charge is -2.05. The molecule has 1 amide bonds. The number of hydrogen-bond donors (Lipinski definition) is 0. The van der Waals surface area contributed by atoms with Crippen LogP contribution in [0, 0.1) is 0 Å². The molecule has 100 valence electrons. The number of halogens is 4. The number of carbonyl (C=O) groups excluding carboxylic acids is 1. The quantitative estimate of drug-likeness (QED) is 0.828. The number of amides is 1. The highest BCUT2D eigenvalue weighted by Gasteiger charge is 2.39. The van der Waals surface area contributed by atoms with Gasteiger partial charge in [0.2, 0.25) is 0 Å². The molecule has 0 fully saturated rings. The highest BCUT2D eigenvalue weighted by molar-refractivity contribution is 9.10. The van der Waals surface area contributed by atoms with Crippen molar-refractivity contribution >= 4 is 31.6 Å². The molecule has 1 heterocycles. The maximum atomic E-state index is 12.0. The predicted molar refractivity (Wildman–Crippen MR) is 63.2 cm³/mol. The summed E-state index contributed by atoms with van der Waals surface area (Å²) in [5.74, 6) is -2.66. The largest absolute Gasteiger partial charge is 0.474 e. The second kappa shape index (κ2) is 5.35. The molecule has 18 heavy (non-hydrogen) atoms. The van der Waals surface area contributed by atoms with E-state index in [0.29, 0.717) is 10.2 Å². The highest BCUT2D eigenvalue weighted by atomic mass is 79.9. The Kier molecular flexibility index (Phi) is 4.49. The molecular weight excluding hydrogens is 337 g/mol. The molecule has 0 aromatic carbocycles. The molecule has 0 aliphatic rings. The van der Waals surface area contributed by atoms with E-state index in [9.17, 15) is 22.2 Å². The van der Waals surface area contributed by atoms with Gasteiger partial charge in [-0.15, -0.1) is 0 Å². The summed E-state index contributed by atoms with van der Waals surface area (Å²) in [7, 11) is -3.30. The van der Waals surface area contributed by atoms with Crippen LogP contribution in [-0.2, 0) is 20.3 Å². The minimum atomic E-state index is -5.11. The molecule has 0 N–H and O–H groups in total. The van der Waals surface area contributed by atoms with Crippen LogP contribution in [0.25, 0.3) is 0 Å². The highest BCUT2D eigenvalue weighted by Crippen LogP contribution is 2.18. The van der Waals surface area contributed by atoms with Crippen molar-refractivity contribution < 1.29 is 22.2 Å². The van der Waals surface area contributed by atoms with Crippen LogP contribution in [0.3, 0.4) is 0 Å². The van der Waals surface area contributed by atoms with Gasteiger partial charge in [0.05, 0.1) is 21.2 Å². The van der Waals surface area contributed by atoms with Crippen molar-refractivity contribution in [2.75, 3.05) is 6.26 Å². The second-order valence-electron chi connectivity index (χ2n) is 3.47. The molecule has 0 radical (unpaired) electrons. The Morgan fingerprint density at radius 2 is 2.11 bits per heavy atom. The van der Waals surface area contributed by atoms with Gasteiger partial charge in [-0.05, 0) is 28.1 Å². The summed E-state index contributed by atoms with van der Waals surface area (Å²) in [6, 6.07) is 3.09. The minimum Gasteiger partial charge on any atom is -0.261 e. The smallest absolute Gasteiger partial charge is 0.261 e. The number of alkyl halides is 3. The number of pyridine rings is 1. The molecule has 0 bridgehead atoms. The van der Waals surface area contributed by atoms with Crippen molar-refractivity contribution in [3.63, 3.8) is 0 Å². The Hall–Kier alpha value is -0.960. The number of hydrogen-bond acceptors (Lipinski definition) is 3. The lowest BCUT2D eigenvalue weighted by molar-refractivity contribution is -0.169. The first-order valence-electron chi connectivity index (χ1n) is 4.51. The Bertz CT molecular complexity index is 562. The Morgan fingerprint density at radius 3 is 2.56 bits per heavy atom. The topological polar surface area (TPSA) is 59.4 Å². The first-order valence-corrected chi connectivity index (χ1v) is 7.40. The van der Waals surface area contributed by atoms with Crippen LogP contribution in [0.4, 0.5) is 13.2 Å². The third kappa shape index (κ3) is 4.73. The Morgan fingerprint density at radius 1 is 1.50 bits per heavy atom. The standard InChI is InChI=1S/C9H8BrF3N2O2S/c1-18(17,15-8(16)9(11,12)13)5-7-3-2-6(10)4-14-7/h2-4H,5H2,1H3. The van der Waals surface area contributed by atoms with Gasteiger partial charge in [-0.1, -0.05) is 0 Å². The van der Waals surface area contributed by atoms with Crippen molar-refractivity contribution in [3.05, 3.63) is 28.5 Å². The molecule has 1 unspecified atom stereocenters. The summed E-state index contributed by atoms with van der Waals surface area (Å²) < 4.78 is 51.1. The molecule has 0 saturated carbocycles. The van der Waals surface area contributed by atoms with Gasteiger partial charge in [-0.3, -0.25) is 9.78 Å². The van der Waals surface area contributed by atoms with Crippen LogP contribution in [0.2, 0.25) is 0 Å². The van der Waals surface area contributed by atoms with Crippen molar-refractivity contribution in [1.29, 1.82) is 0 Å². The van der Waals surface area contributed by atoms with E-state index in [0.717, 1.165) is 6.26 Å². The minimum absolute atomic E-state index is 0.296. The zero-order valence-corrected chi connectivity index (χ0v) is 11.5. The zero-order chi connectivity index (χ0) is 14.0. The lowest BCUT2D eigenvalue weighted by atomic mass is 10.4. The average molecular weight is 345 g/mol. The van der Waals surface area contributed by atoms with Crippen molar-refractivity contribution in [1.82, 2.24) is 4.98 Å². The third-order valence-corrected chi connectivity index (χ3v) is 3.58. The fraction of sp³-hybridized carbons (Fsp3) is 0.333. The summed E-state index contributed by atoms with van der Waals surface area (Å²) in [5, 5.41) is 0. The molecule has 0 aliphatic carbocycles. The monoisotopic (exact) mass is 344 g/mol. The van der Waals surface area contributed by atoms with E-state index < -0.39 is 21.8 Å². The molecule has 0 aliphatic heterocycles. The molecule has 1 rings (SSSR count). The summed E-state index contributed by atoms with van der Waals surface area (Å²) in [6.07, 6.45) is -2.71. The van der Waals surface area contributed by atoms with Gasteiger partial charge in [-0.2, -0.15) is 17.5 Å². The van der Waals surface area contributed by atoms with Gasteiger partial charge in [0.15, 0.2) is 0 Å². The van der Waals surface area contributed by atoms with Crippen molar-refractivity contribution in [2.24, 2.45) is 4.36 Å². The van der Waals surface area contributed by atoms with Gasteiger partial charge in [-0.25, -0.2) is 4.21 Å². The molecule has 1 aromatic heterocycles. The zero-order valence-electron chi connectivity index (χ0n) is 9.07. The lowest BCUT2D eigenvalue weighted by Crippen LogP contribution is -2.22. The molecular formula is C9H8BrF3N2O2S. The molecule has 0 saturated heterocycles. The van der Waals surface area contributed by atoms with Crippen molar-refractivity contribution in [3.8, 4) is 0 Å². The SMILES string of the molecule is CS(=O)(Cc1ccc(Br)cn1)=NC(=O)C(F)(F)F. The van der Waals surface area contributed by atoms with Crippen LogP contribution < -0.4 is 0 Å². The molecule has 1 aromatic rings.